The third-order valence-electron chi connectivity index (χ3n) is 3.66. The zero-order valence-electron chi connectivity index (χ0n) is 7.87. The first-order valence-corrected chi connectivity index (χ1v) is 5.10. The second-order valence-electron chi connectivity index (χ2n) is 4.52. The van der Waals surface area contributed by atoms with E-state index in [0.717, 1.165) is 11.8 Å². The molecule has 1 heterocycles. The fourth-order valence-electron chi connectivity index (χ4n) is 2.57. The maximum atomic E-state index is 9.26. The standard InChI is InChI=1S/C10H19NO/c1-11-5-9(6-11)10(7-12)8-3-2-4-8/h8-10,12H,2-7H2,1H3. The van der Waals surface area contributed by atoms with E-state index in [1.54, 1.807) is 0 Å². The van der Waals surface area contributed by atoms with Crippen molar-refractivity contribution in [1.82, 2.24) is 4.90 Å². The average molecular weight is 169 g/mol. The van der Waals surface area contributed by atoms with E-state index < -0.39 is 0 Å². The summed E-state index contributed by atoms with van der Waals surface area (Å²) in [6.07, 6.45) is 4.13. The van der Waals surface area contributed by atoms with Crippen LogP contribution in [0.3, 0.4) is 0 Å². The summed E-state index contributed by atoms with van der Waals surface area (Å²) in [7, 11) is 2.16. The van der Waals surface area contributed by atoms with Crippen molar-refractivity contribution in [3.05, 3.63) is 0 Å². The number of aliphatic hydroxyl groups excluding tert-OH is 1. The van der Waals surface area contributed by atoms with Gasteiger partial charge in [-0.25, -0.2) is 0 Å². The molecule has 2 fully saturated rings. The van der Waals surface area contributed by atoms with Crippen molar-refractivity contribution in [1.29, 1.82) is 0 Å². The highest BCUT2D eigenvalue weighted by atomic mass is 16.3. The minimum atomic E-state index is 0.420. The Kier molecular flexibility index (Phi) is 2.37. The highest BCUT2D eigenvalue weighted by Crippen LogP contribution is 2.39. The van der Waals surface area contributed by atoms with Gasteiger partial charge >= 0.3 is 0 Å². The average Bonchev–Trinajstić information content (AvgIpc) is 1.90. The lowest BCUT2D eigenvalue weighted by molar-refractivity contribution is -0.0000259. The number of likely N-dealkylation sites (tertiary alicyclic amines) is 1. The summed E-state index contributed by atoms with van der Waals surface area (Å²) in [6, 6.07) is 0. The van der Waals surface area contributed by atoms with Crippen molar-refractivity contribution in [3.8, 4) is 0 Å². The highest BCUT2D eigenvalue weighted by molar-refractivity contribution is 4.89. The zero-order valence-corrected chi connectivity index (χ0v) is 7.87. The third-order valence-corrected chi connectivity index (χ3v) is 3.66. The van der Waals surface area contributed by atoms with E-state index in [1.807, 2.05) is 0 Å². The zero-order chi connectivity index (χ0) is 8.55. The first-order chi connectivity index (χ1) is 5.81. The predicted molar refractivity (Wildman–Crippen MR) is 48.9 cm³/mol. The van der Waals surface area contributed by atoms with Crippen molar-refractivity contribution in [2.75, 3.05) is 26.7 Å². The summed E-state index contributed by atoms with van der Waals surface area (Å²) < 4.78 is 0. The smallest absolute Gasteiger partial charge is 0.0465 e. The van der Waals surface area contributed by atoms with Crippen LogP contribution in [0.2, 0.25) is 0 Å². The fourth-order valence-corrected chi connectivity index (χ4v) is 2.57. The SMILES string of the molecule is CN1CC(C(CO)C2CCC2)C1. The second-order valence-corrected chi connectivity index (χ2v) is 4.52. The summed E-state index contributed by atoms with van der Waals surface area (Å²) >= 11 is 0. The van der Waals surface area contributed by atoms with Gasteiger partial charge in [-0.05, 0) is 24.8 Å². The van der Waals surface area contributed by atoms with Crippen LogP contribution in [0.25, 0.3) is 0 Å². The molecular weight excluding hydrogens is 150 g/mol. The van der Waals surface area contributed by atoms with Crippen LogP contribution in [0.1, 0.15) is 19.3 Å². The molecule has 1 atom stereocenters. The molecule has 2 aliphatic rings. The molecule has 0 amide bonds. The third kappa shape index (κ3) is 1.38. The number of nitrogens with zero attached hydrogens (tertiary/aromatic N) is 1. The normalized spacial score (nSPS) is 29.5. The van der Waals surface area contributed by atoms with Crippen LogP contribution in [0, 0.1) is 17.8 Å². The van der Waals surface area contributed by atoms with Gasteiger partial charge in [0.2, 0.25) is 0 Å². The second kappa shape index (κ2) is 3.35. The first kappa shape index (κ1) is 8.52. The molecule has 12 heavy (non-hydrogen) atoms. The van der Waals surface area contributed by atoms with Crippen LogP contribution in [-0.4, -0.2) is 36.8 Å². The van der Waals surface area contributed by atoms with Gasteiger partial charge in [-0.3, -0.25) is 0 Å². The lowest BCUT2D eigenvalue weighted by Gasteiger charge is -2.46. The molecular formula is C10H19NO. The fraction of sp³-hybridized carbons (Fsp3) is 1.00. The number of aliphatic hydroxyl groups is 1. The Morgan fingerprint density at radius 2 is 2.00 bits per heavy atom. The summed E-state index contributed by atoms with van der Waals surface area (Å²) in [5.74, 6) is 2.27. The molecule has 0 bridgehead atoms. The monoisotopic (exact) mass is 169 g/mol. The van der Waals surface area contributed by atoms with Crippen LogP contribution in [0.5, 0.6) is 0 Å². The van der Waals surface area contributed by atoms with Crippen molar-refractivity contribution in [3.63, 3.8) is 0 Å². The number of hydrogen-bond acceptors (Lipinski definition) is 2. The lowest BCUT2D eigenvalue weighted by Crippen LogP contribution is -2.50. The van der Waals surface area contributed by atoms with Crippen LogP contribution in [0.15, 0.2) is 0 Å². The number of rotatable bonds is 3. The van der Waals surface area contributed by atoms with Gasteiger partial charge in [0.25, 0.3) is 0 Å². The topological polar surface area (TPSA) is 23.5 Å². The Hall–Kier alpha value is -0.0800. The van der Waals surface area contributed by atoms with Gasteiger partial charge in [0, 0.05) is 19.7 Å². The number of hydrogen-bond donors (Lipinski definition) is 1. The Balaban J connectivity index is 1.81. The van der Waals surface area contributed by atoms with Gasteiger partial charge in [0.05, 0.1) is 0 Å². The lowest BCUT2D eigenvalue weighted by atomic mass is 9.69. The molecule has 0 aromatic rings. The van der Waals surface area contributed by atoms with Crippen molar-refractivity contribution < 1.29 is 5.11 Å². The van der Waals surface area contributed by atoms with E-state index in [9.17, 15) is 5.11 Å². The van der Waals surface area contributed by atoms with Crippen LogP contribution >= 0.6 is 0 Å². The Labute approximate surface area is 74.6 Å². The molecule has 1 aliphatic carbocycles. The Morgan fingerprint density at radius 3 is 2.33 bits per heavy atom. The summed E-state index contributed by atoms with van der Waals surface area (Å²) in [6.45, 7) is 2.84. The van der Waals surface area contributed by atoms with Crippen LogP contribution in [0.4, 0.5) is 0 Å². The highest BCUT2D eigenvalue weighted by Gasteiger charge is 2.37. The van der Waals surface area contributed by atoms with Gasteiger partial charge < -0.3 is 10.0 Å². The summed E-state index contributed by atoms with van der Waals surface area (Å²) in [5.41, 5.74) is 0. The molecule has 2 heteroatoms. The molecule has 0 spiro atoms. The van der Waals surface area contributed by atoms with Crippen molar-refractivity contribution >= 4 is 0 Å². The van der Waals surface area contributed by atoms with Crippen molar-refractivity contribution in [2.45, 2.75) is 19.3 Å². The van der Waals surface area contributed by atoms with E-state index in [0.29, 0.717) is 12.5 Å². The molecule has 1 unspecified atom stereocenters. The predicted octanol–water partition coefficient (Wildman–Crippen LogP) is 0.957. The maximum absolute atomic E-state index is 9.26. The molecule has 2 nitrogen and oxygen atoms in total. The molecule has 0 radical (unpaired) electrons. The molecule has 2 rings (SSSR count). The maximum Gasteiger partial charge on any atom is 0.0465 e. The largest absolute Gasteiger partial charge is 0.396 e. The Morgan fingerprint density at radius 1 is 1.33 bits per heavy atom. The van der Waals surface area contributed by atoms with Gasteiger partial charge in [0.15, 0.2) is 0 Å². The molecule has 0 aromatic carbocycles. The molecule has 70 valence electrons. The first-order valence-electron chi connectivity index (χ1n) is 5.10. The minimum Gasteiger partial charge on any atom is -0.396 e. The molecule has 1 N–H and O–H groups in total. The van der Waals surface area contributed by atoms with Crippen LogP contribution < -0.4 is 0 Å². The van der Waals surface area contributed by atoms with E-state index in [2.05, 4.69) is 11.9 Å². The van der Waals surface area contributed by atoms with E-state index in [1.165, 1.54) is 32.4 Å². The van der Waals surface area contributed by atoms with Gasteiger partial charge in [-0.15, -0.1) is 0 Å². The molecule has 1 saturated heterocycles. The molecule has 1 saturated carbocycles. The van der Waals surface area contributed by atoms with E-state index >= 15 is 0 Å². The van der Waals surface area contributed by atoms with Crippen LogP contribution in [-0.2, 0) is 0 Å². The van der Waals surface area contributed by atoms with Gasteiger partial charge in [0.1, 0.15) is 0 Å². The van der Waals surface area contributed by atoms with Crippen molar-refractivity contribution in [2.24, 2.45) is 17.8 Å². The van der Waals surface area contributed by atoms with Gasteiger partial charge in [-0.2, -0.15) is 0 Å². The summed E-state index contributed by atoms with van der Waals surface area (Å²) in [4.78, 5) is 2.34. The Bertz CT molecular complexity index is 150. The van der Waals surface area contributed by atoms with E-state index in [-0.39, 0.29) is 0 Å². The van der Waals surface area contributed by atoms with Gasteiger partial charge in [-0.1, -0.05) is 19.3 Å². The molecule has 0 aromatic heterocycles. The minimum absolute atomic E-state index is 0.420. The van der Waals surface area contributed by atoms with E-state index in [4.69, 9.17) is 0 Å². The summed E-state index contributed by atoms with van der Waals surface area (Å²) in [5, 5.41) is 9.26. The molecule has 1 aliphatic heterocycles. The quantitative estimate of drug-likeness (QED) is 0.680.